The average Bonchev–Trinajstić information content (AvgIpc) is 3.49. The smallest absolute Gasteiger partial charge is 0.154 e. The van der Waals surface area contributed by atoms with E-state index in [1.807, 2.05) is 30.3 Å². The molecule has 0 radical (unpaired) electrons. The van der Waals surface area contributed by atoms with Gasteiger partial charge in [0, 0.05) is 17.7 Å². The molecule has 0 bridgehead atoms. The third kappa shape index (κ3) is 4.18. The minimum Gasteiger partial charge on any atom is -0.463 e. The van der Waals surface area contributed by atoms with Crippen molar-refractivity contribution >= 4 is 28.1 Å². The zero-order valence-electron chi connectivity index (χ0n) is 17.0. The van der Waals surface area contributed by atoms with Crippen molar-refractivity contribution < 1.29 is 8.83 Å². The van der Waals surface area contributed by atoms with Gasteiger partial charge in [0.2, 0.25) is 0 Å². The van der Waals surface area contributed by atoms with E-state index in [4.69, 9.17) is 31.0 Å². The van der Waals surface area contributed by atoms with Crippen LogP contribution in [0.4, 0.5) is 0 Å². The van der Waals surface area contributed by atoms with E-state index in [-0.39, 0.29) is 0 Å². The highest BCUT2D eigenvalue weighted by molar-refractivity contribution is 7.80. The van der Waals surface area contributed by atoms with Crippen LogP contribution in [-0.2, 0) is 12.8 Å². The largest absolute Gasteiger partial charge is 0.463 e. The molecule has 0 amide bonds. The highest BCUT2D eigenvalue weighted by Crippen LogP contribution is 2.31. The first-order valence-electron chi connectivity index (χ1n) is 10.1. The summed E-state index contributed by atoms with van der Waals surface area (Å²) >= 11 is 5.68. The molecule has 2 aromatic carbocycles. The molecule has 4 nitrogen and oxygen atoms in total. The molecule has 3 heterocycles. The van der Waals surface area contributed by atoms with Gasteiger partial charge in [-0.25, -0.2) is 9.97 Å². The van der Waals surface area contributed by atoms with Crippen LogP contribution in [0.25, 0.3) is 33.9 Å². The van der Waals surface area contributed by atoms with E-state index in [1.54, 1.807) is 12.5 Å². The van der Waals surface area contributed by atoms with Crippen LogP contribution in [0.15, 0.2) is 88.1 Å². The number of aryl methyl sites for hydroxylation is 1. The highest BCUT2D eigenvalue weighted by atomic mass is 32.1. The fourth-order valence-electron chi connectivity index (χ4n) is 3.60. The van der Waals surface area contributed by atoms with Crippen molar-refractivity contribution in [3.8, 4) is 22.9 Å². The fourth-order valence-corrected chi connectivity index (χ4v) is 3.94. The van der Waals surface area contributed by atoms with Crippen LogP contribution >= 0.6 is 12.2 Å². The van der Waals surface area contributed by atoms with Crippen molar-refractivity contribution in [3.63, 3.8) is 0 Å². The maximum absolute atomic E-state index is 5.68. The summed E-state index contributed by atoms with van der Waals surface area (Å²) in [4.78, 5) is 10.7. The second-order valence-corrected chi connectivity index (χ2v) is 8.15. The van der Waals surface area contributed by atoms with Crippen LogP contribution < -0.4 is 0 Å². The SMILES string of the molecule is Cc1ccc(CC(=S)Cc2ccc3nc(-c4ccco4)c(-c4ccco4)nc3c2)cc1. The molecule has 0 aliphatic rings. The quantitative estimate of drug-likeness (QED) is 0.287. The van der Waals surface area contributed by atoms with Gasteiger partial charge < -0.3 is 8.83 Å². The number of benzene rings is 2. The monoisotopic (exact) mass is 424 g/mol. The van der Waals surface area contributed by atoms with E-state index in [9.17, 15) is 0 Å². The molecule has 0 atom stereocenters. The normalized spacial score (nSPS) is 11.1. The molecule has 3 aromatic heterocycles. The summed E-state index contributed by atoms with van der Waals surface area (Å²) in [5.41, 5.74) is 6.53. The van der Waals surface area contributed by atoms with Crippen LogP contribution in [0.2, 0.25) is 0 Å². The average molecular weight is 425 g/mol. The number of thiocarbonyl (C=S) groups is 1. The van der Waals surface area contributed by atoms with E-state index in [1.165, 1.54) is 11.1 Å². The number of hydrogen-bond donors (Lipinski definition) is 0. The third-order valence-corrected chi connectivity index (χ3v) is 5.45. The number of hydrogen-bond acceptors (Lipinski definition) is 5. The van der Waals surface area contributed by atoms with Gasteiger partial charge in [0.15, 0.2) is 11.5 Å². The van der Waals surface area contributed by atoms with Crippen LogP contribution in [0.3, 0.4) is 0 Å². The highest BCUT2D eigenvalue weighted by Gasteiger charge is 2.17. The Morgan fingerprint density at radius 3 is 1.94 bits per heavy atom. The Hall–Kier alpha value is -3.57. The zero-order valence-corrected chi connectivity index (χ0v) is 17.9. The van der Waals surface area contributed by atoms with E-state index < -0.39 is 0 Å². The van der Waals surface area contributed by atoms with Crippen LogP contribution in [0.1, 0.15) is 16.7 Å². The van der Waals surface area contributed by atoms with E-state index in [2.05, 4.69) is 43.3 Å². The fraction of sp³-hybridized carbons (Fsp3) is 0.115. The van der Waals surface area contributed by atoms with Gasteiger partial charge in [-0.05, 0) is 54.4 Å². The molecule has 0 aliphatic carbocycles. The first kappa shape index (κ1) is 19.4. The van der Waals surface area contributed by atoms with Gasteiger partial charge in [0.05, 0.1) is 23.6 Å². The van der Waals surface area contributed by atoms with Gasteiger partial charge in [0.1, 0.15) is 11.4 Å². The van der Waals surface area contributed by atoms with E-state index >= 15 is 0 Å². The Morgan fingerprint density at radius 1 is 0.742 bits per heavy atom. The predicted octanol–water partition coefficient (Wildman–Crippen LogP) is 6.61. The second kappa shape index (κ2) is 8.28. The number of fused-ring (bicyclic) bond motifs is 1. The molecular formula is C26H20N2O2S. The van der Waals surface area contributed by atoms with Crippen molar-refractivity contribution in [2.45, 2.75) is 19.8 Å². The maximum Gasteiger partial charge on any atom is 0.154 e. The summed E-state index contributed by atoms with van der Waals surface area (Å²) in [6, 6.07) is 22.1. The lowest BCUT2D eigenvalue weighted by Gasteiger charge is -2.09. The molecule has 152 valence electrons. The standard InChI is InChI=1S/C26H20N2O2S/c1-17-6-8-18(9-7-17)14-20(31)15-19-10-11-21-22(16-19)28-26(24-5-3-13-30-24)25(27-21)23-4-2-12-29-23/h2-13,16H,14-15H2,1H3. The lowest BCUT2D eigenvalue weighted by molar-refractivity contribution is 0.572. The summed E-state index contributed by atoms with van der Waals surface area (Å²) in [6.45, 7) is 2.09. The molecular weight excluding hydrogens is 404 g/mol. The van der Waals surface area contributed by atoms with E-state index in [0.29, 0.717) is 22.9 Å². The molecule has 5 rings (SSSR count). The lowest BCUT2D eigenvalue weighted by atomic mass is 10.0. The first-order chi connectivity index (χ1) is 15.2. The third-order valence-electron chi connectivity index (χ3n) is 5.16. The molecule has 5 aromatic rings. The Bertz CT molecular complexity index is 1340. The van der Waals surface area contributed by atoms with Gasteiger partial charge in [-0.1, -0.05) is 48.1 Å². The van der Waals surface area contributed by atoms with Crippen molar-refractivity contribution in [3.05, 3.63) is 95.9 Å². The summed E-state index contributed by atoms with van der Waals surface area (Å²) in [6.07, 6.45) is 4.77. The van der Waals surface area contributed by atoms with Gasteiger partial charge >= 0.3 is 0 Å². The summed E-state index contributed by atoms with van der Waals surface area (Å²) in [7, 11) is 0. The van der Waals surface area contributed by atoms with Gasteiger partial charge in [-0.3, -0.25) is 0 Å². The predicted molar refractivity (Wildman–Crippen MR) is 126 cm³/mol. The van der Waals surface area contributed by atoms with Crippen LogP contribution in [-0.4, -0.2) is 14.8 Å². The molecule has 5 heteroatoms. The second-order valence-electron chi connectivity index (χ2n) is 7.58. The summed E-state index contributed by atoms with van der Waals surface area (Å²) in [5, 5.41) is 0. The van der Waals surface area contributed by atoms with Gasteiger partial charge in [-0.2, -0.15) is 0 Å². The Balaban J connectivity index is 1.47. The number of nitrogens with zero attached hydrogens (tertiary/aromatic N) is 2. The van der Waals surface area contributed by atoms with Crippen molar-refractivity contribution in [1.82, 2.24) is 9.97 Å². The first-order valence-corrected chi connectivity index (χ1v) is 10.5. The minimum absolute atomic E-state index is 0.654. The van der Waals surface area contributed by atoms with Gasteiger partial charge in [-0.15, -0.1) is 0 Å². The lowest BCUT2D eigenvalue weighted by Crippen LogP contribution is -2.04. The van der Waals surface area contributed by atoms with Crippen molar-refractivity contribution in [2.24, 2.45) is 0 Å². The number of furan rings is 2. The van der Waals surface area contributed by atoms with Crippen LogP contribution in [0, 0.1) is 6.92 Å². The Morgan fingerprint density at radius 2 is 1.32 bits per heavy atom. The topological polar surface area (TPSA) is 52.1 Å². The van der Waals surface area contributed by atoms with Crippen molar-refractivity contribution in [2.75, 3.05) is 0 Å². The molecule has 0 N–H and O–H groups in total. The Kier molecular flexibility index (Phi) is 5.18. The molecule has 31 heavy (non-hydrogen) atoms. The maximum atomic E-state index is 5.68. The number of aromatic nitrogens is 2. The molecule has 0 aliphatic heterocycles. The molecule has 0 unspecified atom stereocenters. The summed E-state index contributed by atoms with van der Waals surface area (Å²) < 4.78 is 11.2. The van der Waals surface area contributed by atoms with Crippen molar-refractivity contribution in [1.29, 1.82) is 0 Å². The molecule has 0 fully saturated rings. The summed E-state index contributed by atoms with van der Waals surface area (Å²) in [5.74, 6) is 1.31. The molecule has 0 saturated heterocycles. The van der Waals surface area contributed by atoms with Crippen LogP contribution in [0.5, 0.6) is 0 Å². The number of rotatable bonds is 6. The molecule has 0 saturated carbocycles. The van der Waals surface area contributed by atoms with E-state index in [0.717, 1.165) is 34.3 Å². The minimum atomic E-state index is 0.654. The zero-order chi connectivity index (χ0) is 21.2. The van der Waals surface area contributed by atoms with Gasteiger partial charge in [0.25, 0.3) is 0 Å². The molecule has 0 spiro atoms. The Labute approximate surface area is 185 Å².